The van der Waals surface area contributed by atoms with Crippen LogP contribution in [0.4, 0.5) is 5.69 Å². The number of aliphatic imine (C=N–C) groups is 1. The quantitative estimate of drug-likeness (QED) is 0.571. The Kier molecular flexibility index (Phi) is 3.36. The van der Waals surface area contributed by atoms with Crippen LogP contribution in [-0.2, 0) is 0 Å². The molecule has 0 heterocycles. The molecule has 1 aromatic rings. The van der Waals surface area contributed by atoms with Crippen LogP contribution in [-0.4, -0.2) is 5.71 Å². The maximum absolute atomic E-state index is 4.63. The SMILES string of the molecule is CC(=Nc1ccccc1I)C1=CCC=C1. The number of para-hydroxylation sites is 1. The summed E-state index contributed by atoms with van der Waals surface area (Å²) in [4.78, 5) is 4.63. The van der Waals surface area contributed by atoms with Crippen molar-refractivity contribution in [3.05, 3.63) is 51.6 Å². The van der Waals surface area contributed by atoms with E-state index in [-0.39, 0.29) is 0 Å². The molecule has 2 heteroatoms. The van der Waals surface area contributed by atoms with Crippen molar-refractivity contribution in [1.29, 1.82) is 0 Å². The molecular weight excluding hydrogens is 297 g/mol. The average Bonchev–Trinajstić information content (AvgIpc) is 2.74. The van der Waals surface area contributed by atoms with Crippen LogP contribution in [0, 0.1) is 3.57 Å². The Hall–Kier alpha value is -0.900. The molecule has 15 heavy (non-hydrogen) atoms. The lowest BCUT2D eigenvalue weighted by Gasteiger charge is -2.01. The van der Waals surface area contributed by atoms with Crippen LogP contribution in [0.1, 0.15) is 13.3 Å². The van der Waals surface area contributed by atoms with Gasteiger partial charge in [-0.1, -0.05) is 30.4 Å². The largest absolute Gasteiger partial charge is 0.252 e. The predicted molar refractivity (Wildman–Crippen MR) is 73.8 cm³/mol. The first-order valence-electron chi connectivity index (χ1n) is 4.94. The average molecular weight is 309 g/mol. The fourth-order valence-electron chi connectivity index (χ4n) is 1.51. The van der Waals surface area contributed by atoms with E-state index in [1.807, 2.05) is 18.2 Å². The molecule has 1 aliphatic rings. The van der Waals surface area contributed by atoms with Gasteiger partial charge < -0.3 is 0 Å². The molecule has 1 nitrogen and oxygen atoms in total. The van der Waals surface area contributed by atoms with Gasteiger partial charge in [-0.15, -0.1) is 0 Å². The third-order valence-electron chi connectivity index (χ3n) is 2.33. The minimum absolute atomic E-state index is 1.04. The molecule has 0 unspecified atom stereocenters. The molecule has 0 saturated heterocycles. The Bertz CT molecular complexity index is 455. The summed E-state index contributed by atoms with van der Waals surface area (Å²) in [6, 6.07) is 8.17. The fraction of sp³-hybridized carbons (Fsp3) is 0.154. The highest BCUT2D eigenvalue weighted by Crippen LogP contribution is 2.22. The van der Waals surface area contributed by atoms with E-state index in [1.165, 1.54) is 9.14 Å². The topological polar surface area (TPSA) is 12.4 Å². The summed E-state index contributed by atoms with van der Waals surface area (Å²) in [5, 5.41) is 0. The van der Waals surface area contributed by atoms with Crippen molar-refractivity contribution in [1.82, 2.24) is 0 Å². The van der Waals surface area contributed by atoms with Crippen LogP contribution < -0.4 is 0 Å². The van der Waals surface area contributed by atoms with E-state index in [1.54, 1.807) is 0 Å². The van der Waals surface area contributed by atoms with Gasteiger partial charge in [-0.2, -0.15) is 0 Å². The summed E-state index contributed by atoms with van der Waals surface area (Å²) < 4.78 is 1.19. The first-order chi connectivity index (χ1) is 7.27. The van der Waals surface area contributed by atoms with Crippen LogP contribution >= 0.6 is 22.6 Å². The summed E-state index contributed by atoms with van der Waals surface area (Å²) >= 11 is 2.31. The summed E-state index contributed by atoms with van der Waals surface area (Å²) in [5.41, 5.74) is 3.39. The Morgan fingerprint density at radius 1 is 1.33 bits per heavy atom. The smallest absolute Gasteiger partial charge is 0.0766 e. The second-order valence-electron chi connectivity index (χ2n) is 3.45. The van der Waals surface area contributed by atoms with Crippen LogP contribution in [0.2, 0.25) is 0 Å². The normalized spacial score (nSPS) is 15.6. The molecule has 76 valence electrons. The van der Waals surface area contributed by atoms with Crippen LogP contribution in [0.5, 0.6) is 0 Å². The van der Waals surface area contributed by atoms with Gasteiger partial charge in [-0.25, -0.2) is 0 Å². The van der Waals surface area contributed by atoms with Gasteiger partial charge in [0, 0.05) is 9.28 Å². The highest BCUT2D eigenvalue weighted by molar-refractivity contribution is 14.1. The third kappa shape index (κ3) is 2.56. The van der Waals surface area contributed by atoms with Gasteiger partial charge in [0.05, 0.1) is 5.69 Å². The lowest BCUT2D eigenvalue weighted by atomic mass is 10.2. The molecule has 1 aliphatic carbocycles. The number of hydrogen-bond donors (Lipinski definition) is 0. The van der Waals surface area contributed by atoms with Crippen molar-refractivity contribution in [3.8, 4) is 0 Å². The third-order valence-corrected chi connectivity index (χ3v) is 3.24. The molecular formula is C13H12IN. The Morgan fingerprint density at radius 2 is 2.13 bits per heavy atom. The highest BCUT2D eigenvalue weighted by atomic mass is 127. The van der Waals surface area contributed by atoms with E-state index in [2.05, 4.69) is 58.8 Å². The maximum atomic E-state index is 4.63. The van der Waals surface area contributed by atoms with Crippen molar-refractivity contribution in [2.45, 2.75) is 13.3 Å². The van der Waals surface area contributed by atoms with Gasteiger partial charge >= 0.3 is 0 Å². The number of benzene rings is 1. The van der Waals surface area contributed by atoms with E-state index in [4.69, 9.17) is 0 Å². The number of allylic oxidation sites excluding steroid dienone is 4. The Balaban J connectivity index is 2.30. The minimum atomic E-state index is 1.04. The van der Waals surface area contributed by atoms with Gasteiger partial charge in [0.15, 0.2) is 0 Å². The minimum Gasteiger partial charge on any atom is -0.252 e. The van der Waals surface area contributed by atoms with E-state index in [0.29, 0.717) is 0 Å². The standard InChI is InChI=1S/C13H12IN/c1-10(11-6-2-3-7-11)15-13-9-5-4-8-12(13)14/h2,4-9H,3H2,1H3. The van der Waals surface area contributed by atoms with Gasteiger partial charge in [-0.3, -0.25) is 4.99 Å². The molecule has 0 fully saturated rings. The molecule has 1 aromatic carbocycles. The number of nitrogens with zero attached hydrogens (tertiary/aromatic N) is 1. The van der Waals surface area contributed by atoms with Gasteiger partial charge in [0.1, 0.15) is 0 Å². The van der Waals surface area contributed by atoms with E-state index >= 15 is 0 Å². The molecule has 2 rings (SSSR count). The van der Waals surface area contributed by atoms with Gasteiger partial charge in [0.2, 0.25) is 0 Å². The van der Waals surface area contributed by atoms with Crippen molar-refractivity contribution in [3.63, 3.8) is 0 Å². The molecule has 0 spiro atoms. The van der Waals surface area contributed by atoms with Crippen LogP contribution in [0.3, 0.4) is 0 Å². The highest BCUT2D eigenvalue weighted by Gasteiger charge is 2.02. The lowest BCUT2D eigenvalue weighted by molar-refractivity contribution is 1.43. The number of rotatable bonds is 2. The zero-order valence-electron chi connectivity index (χ0n) is 8.57. The van der Waals surface area contributed by atoms with Crippen LogP contribution in [0.15, 0.2) is 53.1 Å². The van der Waals surface area contributed by atoms with Gasteiger partial charge in [-0.05, 0) is 53.6 Å². The first kappa shape index (κ1) is 10.6. The lowest BCUT2D eigenvalue weighted by Crippen LogP contribution is -1.92. The van der Waals surface area contributed by atoms with Gasteiger partial charge in [0.25, 0.3) is 0 Å². The van der Waals surface area contributed by atoms with Crippen molar-refractivity contribution >= 4 is 34.0 Å². The van der Waals surface area contributed by atoms with E-state index < -0.39 is 0 Å². The number of hydrogen-bond acceptors (Lipinski definition) is 1. The van der Waals surface area contributed by atoms with E-state index in [0.717, 1.165) is 17.8 Å². The predicted octanol–water partition coefficient (Wildman–Crippen LogP) is 4.27. The summed E-state index contributed by atoms with van der Waals surface area (Å²) in [6.45, 7) is 2.06. The number of halogens is 1. The zero-order chi connectivity index (χ0) is 10.7. The monoisotopic (exact) mass is 309 g/mol. The molecule has 0 bridgehead atoms. The van der Waals surface area contributed by atoms with Crippen molar-refractivity contribution < 1.29 is 0 Å². The molecule has 0 saturated carbocycles. The summed E-state index contributed by atoms with van der Waals surface area (Å²) in [6.07, 6.45) is 7.53. The zero-order valence-corrected chi connectivity index (χ0v) is 10.7. The van der Waals surface area contributed by atoms with Crippen LogP contribution in [0.25, 0.3) is 0 Å². The molecule has 0 aromatic heterocycles. The van der Waals surface area contributed by atoms with E-state index in [9.17, 15) is 0 Å². The molecule has 0 atom stereocenters. The fourth-order valence-corrected chi connectivity index (χ4v) is 2.02. The second-order valence-corrected chi connectivity index (χ2v) is 4.61. The maximum Gasteiger partial charge on any atom is 0.0766 e. The molecule has 0 amide bonds. The van der Waals surface area contributed by atoms with Crippen molar-refractivity contribution in [2.24, 2.45) is 4.99 Å². The second kappa shape index (κ2) is 4.75. The first-order valence-corrected chi connectivity index (χ1v) is 6.02. The summed E-state index contributed by atoms with van der Waals surface area (Å²) in [7, 11) is 0. The summed E-state index contributed by atoms with van der Waals surface area (Å²) in [5.74, 6) is 0. The molecule has 0 N–H and O–H groups in total. The van der Waals surface area contributed by atoms with Crippen molar-refractivity contribution in [2.75, 3.05) is 0 Å². The Labute approximate surface area is 104 Å². The Morgan fingerprint density at radius 3 is 2.80 bits per heavy atom. The molecule has 0 aliphatic heterocycles. The molecule has 0 radical (unpaired) electrons.